The Hall–Kier alpha value is -2.13. The highest BCUT2D eigenvalue weighted by atomic mass is 16.6. The van der Waals surface area contributed by atoms with Crippen LogP contribution in [0.25, 0.3) is 0 Å². The van der Waals surface area contributed by atoms with Gasteiger partial charge >= 0.3 is 0 Å². The number of aliphatic hydroxyl groups is 3. The summed E-state index contributed by atoms with van der Waals surface area (Å²) in [5.41, 5.74) is 0.446. The molecule has 2 unspecified atom stereocenters. The van der Waals surface area contributed by atoms with Gasteiger partial charge in [0.1, 0.15) is 24.6 Å². The second-order valence-corrected chi connectivity index (χ2v) is 4.97. The smallest absolute Gasteiger partial charge is 0.232 e. The number of hydrogen-bond acceptors (Lipinski definition) is 7. The molecule has 3 rings (SSSR count). The van der Waals surface area contributed by atoms with Gasteiger partial charge < -0.3 is 20.1 Å². The lowest BCUT2D eigenvalue weighted by molar-refractivity contribution is -0.0588. The molecular weight excluding hydrogens is 290 g/mol. The molecule has 2 heterocycles. The summed E-state index contributed by atoms with van der Waals surface area (Å²) in [6, 6.07) is 8.56. The number of hydrogen-bond donors (Lipinski definition) is 3. The lowest BCUT2D eigenvalue weighted by Gasteiger charge is -2.13. The van der Waals surface area contributed by atoms with Crippen molar-refractivity contribution in [2.45, 2.75) is 24.5 Å². The third-order valence-corrected chi connectivity index (χ3v) is 3.53. The Bertz CT molecular complexity index is 660. The van der Waals surface area contributed by atoms with Crippen molar-refractivity contribution in [1.82, 2.24) is 14.8 Å². The van der Waals surface area contributed by atoms with Crippen LogP contribution in [0.4, 0.5) is 0 Å². The molecule has 1 aliphatic rings. The van der Waals surface area contributed by atoms with Crippen molar-refractivity contribution >= 4 is 5.78 Å². The van der Waals surface area contributed by atoms with Crippen molar-refractivity contribution in [3.63, 3.8) is 0 Å². The Morgan fingerprint density at radius 3 is 2.59 bits per heavy atom. The molecule has 0 aliphatic carbocycles. The van der Waals surface area contributed by atoms with Crippen molar-refractivity contribution in [3.05, 3.63) is 48.0 Å². The molecule has 3 N–H and O–H groups in total. The van der Waals surface area contributed by atoms with E-state index >= 15 is 0 Å². The lowest BCUT2D eigenvalue weighted by Crippen LogP contribution is -2.33. The van der Waals surface area contributed by atoms with Gasteiger partial charge in [-0.2, -0.15) is 0 Å². The molecule has 0 saturated carbocycles. The fraction of sp³-hybridized carbons (Fsp3) is 0.357. The molecule has 0 bridgehead atoms. The van der Waals surface area contributed by atoms with E-state index in [-0.39, 0.29) is 11.6 Å². The second-order valence-electron chi connectivity index (χ2n) is 4.97. The van der Waals surface area contributed by atoms with Gasteiger partial charge in [-0.1, -0.05) is 30.3 Å². The van der Waals surface area contributed by atoms with E-state index in [1.165, 1.54) is 11.0 Å². The number of aromatic nitrogens is 3. The van der Waals surface area contributed by atoms with Crippen LogP contribution in [0.5, 0.6) is 0 Å². The molecule has 0 spiro atoms. The third kappa shape index (κ3) is 2.53. The molecule has 0 amide bonds. The average Bonchev–Trinajstić information content (AvgIpc) is 3.14. The number of aliphatic hydroxyl groups excluding tert-OH is 3. The minimum absolute atomic E-state index is 0.0380. The average molecular weight is 305 g/mol. The SMILES string of the molecule is O=C(c1ccccc1)c1ncn([C@@H]2O[C@H](CO)C(O)C2O)n1. The maximum absolute atomic E-state index is 12.2. The molecule has 1 aromatic carbocycles. The first-order chi connectivity index (χ1) is 10.6. The quantitative estimate of drug-likeness (QED) is 0.628. The number of ether oxygens (including phenoxy) is 1. The van der Waals surface area contributed by atoms with E-state index in [1.54, 1.807) is 30.3 Å². The van der Waals surface area contributed by atoms with Crippen LogP contribution in [0.15, 0.2) is 36.7 Å². The number of carbonyl (C=O) groups excluding carboxylic acids is 1. The molecule has 1 fully saturated rings. The fourth-order valence-corrected chi connectivity index (χ4v) is 2.32. The van der Waals surface area contributed by atoms with Crippen LogP contribution in [0.1, 0.15) is 22.4 Å². The third-order valence-electron chi connectivity index (χ3n) is 3.53. The van der Waals surface area contributed by atoms with Crippen LogP contribution >= 0.6 is 0 Å². The monoisotopic (exact) mass is 305 g/mol. The van der Waals surface area contributed by atoms with E-state index in [0.29, 0.717) is 5.56 Å². The topological polar surface area (TPSA) is 118 Å². The Balaban J connectivity index is 1.81. The molecule has 2 aromatic rings. The Kier molecular flexibility index (Phi) is 3.99. The molecule has 1 aromatic heterocycles. The summed E-state index contributed by atoms with van der Waals surface area (Å²) >= 11 is 0. The summed E-state index contributed by atoms with van der Waals surface area (Å²) in [7, 11) is 0. The maximum atomic E-state index is 12.2. The largest absolute Gasteiger partial charge is 0.394 e. The highest BCUT2D eigenvalue weighted by Gasteiger charge is 2.44. The standard InChI is InChI=1S/C14H15N3O5/c18-6-9-11(20)12(21)14(22-9)17-7-15-13(16-17)10(19)8-4-2-1-3-5-8/h1-5,7,9,11-12,14,18,20-21H,6H2/t9-,11?,12?,14-/m1/s1. The van der Waals surface area contributed by atoms with E-state index in [2.05, 4.69) is 10.1 Å². The lowest BCUT2D eigenvalue weighted by atomic mass is 10.1. The summed E-state index contributed by atoms with van der Waals surface area (Å²) in [4.78, 5) is 16.1. The van der Waals surface area contributed by atoms with Gasteiger partial charge in [0.05, 0.1) is 6.61 Å². The molecule has 116 valence electrons. The van der Waals surface area contributed by atoms with Crippen molar-refractivity contribution in [1.29, 1.82) is 0 Å². The van der Waals surface area contributed by atoms with Crippen molar-refractivity contribution in [2.24, 2.45) is 0 Å². The highest BCUT2D eigenvalue weighted by Crippen LogP contribution is 2.28. The van der Waals surface area contributed by atoms with Gasteiger partial charge in [0.15, 0.2) is 6.23 Å². The van der Waals surface area contributed by atoms with Crippen LogP contribution in [-0.2, 0) is 4.74 Å². The first-order valence-electron chi connectivity index (χ1n) is 6.75. The van der Waals surface area contributed by atoms with Crippen LogP contribution in [0.3, 0.4) is 0 Å². The molecule has 8 heteroatoms. The summed E-state index contributed by atoms with van der Waals surface area (Å²) in [5, 5.41) is 32.7. The fourth-order valence-electron chi connectivity index (χ4n) is 2.32. The van der Waals surface area contributed by atoms with E-state index in [9.17, 15) is 15.0 Å². The summed E-state index contributed by atoms with van der Waals surface area (Å²) < 4.78 is 6.49. The number of benzene rings is 1. The summed E-state index contributed by atoms with van der Waals surface area (Å²) in [6.45, 7) is -0.431. The Labute approximate surface area is 125 Å². The Morgan fingerprint density at radius 1 is 1.23 bits per heavy atom. The van der Waals surface area contributed by atoms with Gasteiger partial charge in [-0.05, 0) is 0 Å². The van der Waals surface area contributed by atoms with Crippen LogP contribution in [0, 0.1) is 0 Å². The minimum Gasteiger partial charge on any atom is -0.394 e. The van der Waals surface area contributed by atoms with E-state index in [1.807, 2.05) is 0 Å². The molecule has 4 atom stereocenters. The summed E-state index contributed by atoms with van der Waals surface area (Å²) in [6.07, 6.45) is -3.16. The van der Waals surface area contributed by atoms with Gasteiger partial charge in [-0.25, -0.2) is 9.67 Å². The first-order valence-corrected chi connectivity index (χ1v) is 6.75. The minimum atomic E-state index is -1.27. The molecule has 22 heavy (non-hydrogen) atoms. The van der Waals surface area contributed by atoms with Crippen LogP contribution in [-0.4, -0.2) is 60.8 Å². The molecule has 0 radical (unpaired) electrons. The Morgan fingerprint density at radius 2 is 1.95 bits per heavy atom. The van der Waals surface area contributed by atoms with Crippen molar-refractivity contribution < 1.29 is 24.9 Å². The summed E-state index contributed by atoms with van der Waals surface area (Å²) in [5.74, 6) is -0.393. The number of carbonyl (C=O) groups is 1. The van der Waals surface area contributed by atoms with Crippen LogP contribution < -0.4 is 0 Å². The van der Waals surface area contributed by atoms with Gasteiger partial charge in [0.25, 0.3) is 0 Å². The van der Waals surface area contributed by atoms with Gasteiger partial charge in [-0.3, -0.25) is 4.79 Å². The number of nitrogens with zero attached hydrogens (tertiary/aromatic N) is 3. The zero-order valence-electron chi connectivity index (χ0n) is 11.5. The second kappa shape index (κ2) is 5.93. The van der Waals surface area contributed by atoms with Crippen LogP contribution in [0.2, 0.25) is 0 Å². The van der Waals surface area contributed by atoms with E-state index in [0.717, 1.165) is 0 Å². The van der Waals surface area contributed by atoms with E-state index in [4.69, 9.17) is 9.84 Å². The van der Waals surface area contributed by atoms with Gasteiger partial charge in [-0.15, -0.1) is 5.10 Å². The molecule has 8 nitrogen and oxygen atoms in total. The highest BCUT2D eigenvalue weighted by molar-refractivity contribution is 6.06. The predicted octanol–water partition coefficient (Wildman–Crippen LogP) is -0.879. The number of rotatable bonds is 4. The van der Waals surface area contributed by atoms with Crippen molar-refractivity contribution in [3.8, 4) is 0 Å². The van der Waals surface area contributed by atoms with E-state index < -0.39 is 31.1 Å². The molecule has 1 aliphatic heterocycles. The zero-order valence-corrected chi connectivity index (χ0v) is 11.5. The van der Waals surface area contributed by atoms with Crippen molar-refractivity contribution in [2.75, 3.05) is 6.61 Å². The first kappa shape index (κ1) is 14.8. The normalized spacial score (nSPS) is 28.0. The molecular formula is C14H15N3O5. The predicted molar refractivity (Wildman–Crippen MR) is 72.9 cm³/mol. The number of ketones is 1. The van der Waals surface area contributed by atoms with Gasteiger partial charge in [0, 0.05) is 5.56 Å². The zero-order chi connectivity index (χ0) is 15.7. The maximum Gasteiger partial charge on any atom is 0.232 e. The van der Waals surface area contributed by atoms with Gasteiger partial charge in [0.2, 0.25) is 11.6 Å². The molecule has 1 saturated heterocycles.